The number of ether oxygens (including phenoxy) is 1. The van der Waals surface area contributed by atoms with Gasteiger partial charge in [-0.25, -0.2) is 23.5 Å². The first kappa shape index (κ1) is 18.9. The quantitative estimate of drug-likeness (QED) is 0.632. The Bertz CT molecular complexity index is 1140. The molecule has 1 aliphatic rings. The number of nitrogens with one attached hydrogen (secondary N) is 1. The number of hydrogen-bond donors (Lipinski definition) is 2. The van der Waals surface area contributed by atoms with Gasteiger partial charge in [-0.1, -0.05) is 11.6 Å². The van der Waals surface area contributed by atoms with Gasteiger partial charge in [0.2, 0.25) is 10.0 Å². The number of hydrogen-bond acceptors (Lipinski definition) is 6. The van der Waals surface area contributed by atoms with Gasteiger partial charge >= 0.3 is 0 Å². The molecule has 3 aromatic rings. The maximum atomic E-state index is 11.8. The fourth-order valence-corrected chi connectivity index (χ4v) is 3.82. The molecule has 2 aromatic heterocycles. The second-order valence-corrected chi connectivity index (χ2v) is 8.61. The van der Waals surface area contributed by atoms with Crippen LogP contribution in [0.15, 0.2) is 35.4 Å². The van der Waals surface area contributed by atoms with Gasteiger partial charge in [-0.05, 0) is 37.1 Å². The van der Waals surface area contributed by atoms with Crippen LogP contribution < -0.4 is 9.88 Å². The molecule has 0 unspecified atom stereocenters. The molecule has 1 fully saturated rings. The van der Waals surface area contributed by atoms with Gasteiger partial charge in [0.1, 0.15) is 10.6 Å². The Hall–Kier alpha value is -2.49. The predicted molar refractivity (Wildman–Crippen MR) is 104 cm³/mol. The van der Waals surface area contributed by atoms with E-state index in [0.717, 1.165) is 11.4 Å². The highest BCUT2D eigenvalue weighted by Crippen LogP contribution is 2.39. The zero-order valence-corrected chi connectivity index (χ0v) is 16.6. The van der Waals surface area contributed by atoms with Crippen molar-refractivity contribution in [1.82, 2.24) is 20.2 Å². The van der Waals surface area contributed by atoms with Crippen LogP contribution in [0.4, 0.5) is 0 Å². The Morgan fingerprint density at radius 3 is 2.79 bits per heavy atom. The second kappa shape index (κ2) is 7.16. The van der Waals surface area contributed by atoms with Gasteiger partial charge in [0.15, 0.2) is 5.82 Å². The van der Waals surface area contributed by atoms with Gasteiger partial charge in [-0.15, -0.1) is 0 Å². The van der Waals surface area contributed by atoms with Crippen LogP contribution in [0.3, 0.4) is 0 Å². The van der Waals surface area contributed by atoms with Gasteiger partial charge in [-0.3, -0.25) is 5.10 Å². The maximum absolute atomic E-state index is 11.8. The lowest BCUT2D eigenvalue weighted by Crippen LogP contribution is -2.13. The van der Waals surface area contributed by atoms with Gasteiger partial charge in [0.25, 0.3) is 0 Å². The molecule has 0 atom stereocenters. The first-order valence-electron chi connectivity index (χ1n) is 8.62. The standard InChI is InChI=1S/C18H18ClN5O3S/c1-27-16-5-4-11(6-17(16)28(20,25)26)18-21-9-13(19)15(22-18)8-12-7-14(24-23-12)10-2-3-10/h4-7,9-10H,2-3,8H2,1H3,(H,23,24)(H2,20,25,26). The number of nitrogens with two attached hydrogens (primary N) is 1. The van der Waals surface area contributed by atoms with Crippen molar-refractivity contribution in [2.24, 2.45) is 5.14 Å². The van der Waals surface area contributed by atoms with E-state index >= 15 is 0 Å². The van der Waals surface area contributed by atoms with Crippen LogP contribution in [0.2, 0.25) is 5.02 Å². The fourth-order valence-electron chi connectivity index (χ4n) is 2.94. The molecule has 0 amide bonds. The van der Waals surface area contributed by atoms with E-state index < -0.39 is 10.0 Å². The third-order valence-corrected chi connectivity index (χ3v) is 5.80. The summed E-state index contributed by atoms with van der Waals surface area (Å²) in [4.78, 5) is 8.62. The number of rotatable bonds is 6. The number of H-pyrrole nitrogens is 1. The van der Waals surface area contributed by atoms with E-state index in [1.165, 1.54) is 38.3 Å². The molecule has 0 saturated heterocycles. The number of primary sulfonamides is 1. The molecule has 0 aliphatic heterocycles. The highest BCUT2D eigenvalue weighted by atomic mass is 35.5. The van der Waals surface area contributed by atoms with Crippen molar-refractivity contribution in [2.45, 2.75) is 30.1 Å². The minimum absolute atomic E-state index is 0.129. The number of sulfonamides is 1. The molecule has 2 heterocycles. The van der Waals surface area contributed by atoms with Crippen molar-refractivity contribution in [3.05, 3.63) is 52.6 Å². The van der Waals surface area contributed by atoms with Crippen molar-refractivity contribution in [3.63, 3.8) is 0 Å². The summed E-state index contributed by atoms with van der Waals surface area (Å²) in [7, 11) is -2.59. The molecule has 8 nitrogen and oxygen atoms in total. The molecule has 0 radical (unpaired) electrons. The minimum atomic E-state index is -3.96. The third-order valence-electron chi connectivity index (χ3n) is 4.55. The van der Waals surface area contributed by atoms with Crippen LogP contribution in [0.1, 0.15) is 35.8 Å². The largest absolute Gasteiger partial charge is 0.495 e. The molecule has 1 aromatic carbocycles. The molecule has 10 heteroatoms. The van der Waals surface area contributed by atoms with Crippen molar-refractivity contribution in [2.75, 3.05) is 7.11 Å². The monoisotopic (exact) mass is 419 g/mol. The molecule has 3 N–H and O–H groups in total. The van der Waals surface area contributed by atoms with Crippen molar-refractivity contribution < 1.29 is 13.2 Å². The average Bonchev–Trinajstić information content (AvgIpc) is 3.41. The summed E-state index contributed by atoms with van der Waals surface area (Å²) in [6, 6.07) is 6.61. The molecule has 4 rings (SSSR count). The van der Waals surface area contributed by atoms with Gasteiger partial charge in [0.05, 0.1) is 23.5 Å². The van der Waals surface area contributed by atoms with Crippen LogP contribution in [-0.2, 0) is 16.4 Å². The first-order chi connectivity index (χ1) is 13.3. The van der Waals surface area contributed by atoms with Crippen LogP contribution in [-0.4, -0.2) is 35.7 Å². The molecule has 1 aliphatic carbocycles. The number of halogens is 1. The zero-order valence-electron chi connectivity index (χ0n) is 15.0. The van der Waals surface area contributed by atoms with Gasteiger partial charge in [-0.2, -0.15) is 5.10 Å². The van der Waals surface area contributed by atoms with E-state index in [0.29, 0.717) is 34.4 Å². The summed E-state index contributed by atoms with van der Waals surface area (Å²) in [5.41, 5.74) is 3.08. The first-order valence-corrected chi connectivity index (χ1v) is 10.5. The molecular formula is C18H18ClN5O3S. The van der Waals surface area contributed by atoms with E-state index in [-0.39, 0.29) is 10.6 Å². The van der Waals surface area contributed by atoms with Crippen LogP contribution in [0.25, 0.3) is 11.4 Å². The van der Waals surface area contributed by atoms with Crippen molar-refractivity contribution in [3.8, 4) is 17.1 Å². The number of aromatic nitrogens is 4. The van der Waals surface area contributed by atoms with E-state index in [4.69, 9.17) is 21.5 Å². The topological polar surface area (TPSA) is 124 Å². The lowest BCUT2D eigenvalue weighted by molar-refractivity contribution is 0.403. The van der Waals surface area contributed by atoms with E-state index in [2.05, 4.69) is 20.2 Å². The highest BCUT2D eigenvalue weighted by molar-refractivity contribution is 7.89. The van der Waals surface area contributed by atoms with Crippen molar-refractivity contribution in [1.29, 1.82) is 0 Å². The van der Waals surface area contributed by atoms with E-state index in [9.17, 15) is 8.42 Å². The average molecular weight is 420 g/mol. The number of aromatic amines is 1. The Morgan fingerprint density at radius 2 is 2.11 bits per heavy atom. The Kier molecular flexibility index (Phi) is 4.82. The van der Waals surface area contributed by atoms with Crippen molar-refractivity contribution >= 4 is 21.6 Å². The summed E-state index contributed by atoms with van der Waals surface area (Å²) in [5.74, 6) is 1.05. The van der Waals surface area contributed by atoms with Crippen LogP contribution in [0, 0.1) is 0 Å². The smallest absolute Gasteiger partial charge is 0.241 e. The molecule has 1 saturated carbocycles. The lowest BCUT2D eigenvalue weighted by Gasteiger charge is -2.10. The molecule has 0 bridgehead atoms. The van der Waals surface area contributed by atoms with Gasteiger partial charge < -0.3 is 4.74 Å². The molecule has 28 heavy (non-hydrogen) atoms. The van der Waals surface area contributed by atoms with Crippen LogP contribution in [0.5, 0.6) is 5.75 Å². The molecule has 0 spiro atoms. The number of methoxy groups -OCH3 is 1. The summed E-state index contributed by atoms with van der Waals surface area (Å²) < 4.78 is 28.8. The summed E-state index contributed by atoms with van der Waals surface area (Å²) in [6.07, 6.45) is 4.31. The summed E-state index contributed by atoms with van der Waals surface area (Å²) in [5, 5.41) is 13.1. The Balaban J connectivity index is 1.68. The van der Waals surface area contributed by atoms with Crippen LogP contribution >= 0.6 is 11.6 Å². The predicted octanol–water partition coefficient (Wildman–Crippen LogP) is 2.64. The summed E-state index contributed by atoms with van der Waals surface area (Å²) >= 11 is 6.27. The maximum Gasteiger partial charge on any atom is 0.241 e. The normalized spacial score (nSPS) is 14.2. The highest BCUT2D eigenvalue weighted by Gasteiger charge is 2.26. The Morgan fingerprint density at radius 1 is 1.32 bits per heavy atom. The SMILES string of the molecule is COc1ccc(-c2ncc(Cl)c(Cc3cc(C4CC4)n[nH]3)n2)cc1S(N)(=O)=O. The van der Waals surface area contributed by atoms with E-state index in [1.54, 1.807) is 6.07 Å². The minimum Gasteiger partial charge on any atom is -0.495 e. The molecule has 146 valence electrons. The zero-order chi connectivity index (χ0) is 19.9. The van der Waals surface area contributed by atoms with E-state index in [1.807, 2.05) is 6.07 Å². The number of nitrogens with zero attached hydrogens (tertiary/aromatic N) is 3. The molecular weight excluding hydrogens is 402 g/mol. The van der Waals surface area contributed by atoms with Gasteiger partial charge in [0, 0.05) is 29.8 Å². The third kappa shape index (κ3) is 3.87. The number of benzene rings is 1. The second-order valence-electron chi connectivity index (χ2n) is 6.67. The Labute approximate surface area is 167 Å². The fraction of sp³-hybridized carbons (Fsp3) is 0.278. The summed E-state index contributed by atoms with van der Waals surface area (Å²) in [6.45, 7) is 0. The lowest BCUT2D eigenvalue weighted by atomic mass is 10.1.